The van der Waals surface area contributed by atoms with Crippen LogP contribution in [0.25, 0.3) is 0 Å². The van der Waals surface area contributed by atoms with Gasteiger partial charge < -0.3 is 19.7 Å². The van der Waals surface area contributed by atoms with Gasteiger partial charge in [0.25, 0.3) is 0 Å². The van der Waals surface area contributed by atoms with Crippen molar-refractivity contribution in [3.63, 3.8) is 0 Å². The maximum atomic E-state index is 12.8. The van der Waals surface area contributed by atoms with Gasteiger partial charge in [0.15, 0.2) is 0 Å². The van der Waals surface area contributed by atoms with Gasteiger partial charge in [0.1, 0.15) is 5.75 Å². The molecule has 2 saturated heterocycles. The Balaban J connectivity index is 1.32. The van der Waals surface area contributed by atoms with E-state index in [4.69, 9.17) is 9.47 Å². The van der Waals surface area contributed by atoms with Crippen LogP contribution in [0.2, 0.25) is 0 Å². The van der Waals surface area contributed by atoms with E-state index in [0.717, 1.165) is 31.8 Å². The second-order valence-electron chi connectivity index (χ2n) is 8.53. The van der Waals surface area contributed by atoms with Crippen LogP contribution in [0.1, 0.15) is 24.5 Å². The second-order valence-corrected chi connectivity index (χ2v) is 8.53. The zero-order valence-electron chi connectivity index (χ0n) is 18.8. The highest BCUT2D eigenvalue weighted by atomic mass is 16.5. The molecule has 1 N–H and O–H groups in total. The average molecular weight is 438 g/mol. The molecule has 7 nitrogen and oxygen atoms in total. The van der Waals surface area contributed by atoms with Crippen molar-refractivity contribution in [2.75, 3.05) is 38.3 Å². The van der Waals surface area contributed by atoms with Gasteiger partial charge in [-0.2, -0.15) is 0 Å². The number of carbonyl (C=O) groups excluding carboxylic acids is 2. The molecule has 0 bridgehead atoms. The summed E-state index contributed by atoms with van der Waals surface area (Å²) < 4.78 is 11.0. The van der Waals surface area contributed by atoms with Crippen molar-refractivity contribution in [1.29, 1.82) is 0 Å². The number of hydrogen-bond donors (Lipinski definition) is 1. The van der Waals surface area contributed by atoms with Gasteiger partial charge in [0.2, 0.25) is 11.8 Å². The van der Waals surface area contributed by atoms with Crippen LogP contribution in [0.4, 0.5) is 5.69 Å². The van der Waals surface area contributed by atoms with Crippen LogP contribution in [0.15, 0.2) is 48.5 Å². The summed E-state index contributed by atoms with van der Waals surface area (Å²) in [6.07, 6.45) is 0.467. The van der Waals surface area contributed by atoms with Crippen LogP contribution in [0.3, 0.4) is 0 Å². The first kappa shape index (κ1) is 22.3. The summed E-state index contributed by atoms with van der Waals surface area (Å²) in [6.45, 7) is 6.42. The fraction of sp³-hybridized carbons (Fsp3) is 0.440. The maximum absolute atomic E-state index is 12.8. The number of benzene rings is 2. The molecule has 2 atom stereocenters. The van der Waals surface area contributed by atoms with Gasteiger partial charge in [-0.15, -0.1) is 0 Å². The molecule has 0 aromatic heterocycles. The Labute approximate surface area is 189 Å². The predicted molar refractivity (Wildman–Crippen MR) is 122 cm³/mol. The highest BCUT2D eigenvalue weighted by molar-refractivity contribution is 6.01. The summed E-state index contributed by atoms with van der Waals surface area (Å²) in [4.78, 5) is 29.4. The summed E-state index contributed by atoms with van der Waals surface area (Å²) in [5, 5.41) is 3.02. The molecule has 7 heteroatoms. The van der Waals surface area contributed by atoms with E-state index >= 15 is 0 Å². The molecule has 2 aliphatic heterocycles. The maximum Gasteiger partial charge on any atom is 0.227 e. The Bertz CT molecular complexity index is 964. The number of nitrogens with zero attached hydrogens (tertiary/aromatic N) is 2. The molecule has 0 saturated carbocycles. The number of hydrogen-bond acceptors (Lipinski definition) is 5. The Kier molecular flexibility index (Phi) is 7.07. The summed E-state index contributed by atoms with van der Waals surface area (Å²) in [5.74, 6) is 0.110. The monoisotopic (exact) mass is 437 g/mol. The molecule has 4 rings (SSSR count). The normalized spacial score (nSPS) is 21.6. The Morgan fingerprint density at radius 2 is 1.97 bits per heavy atom. The van der Waals surface area contributed by atoms with Gasteiger partial charge in [-0.05, 0) is 30.2 Å². The number of morpholine rings is 1. The number of rotatable bonds is 7. The smallest absolute Gasteiger partial charge is 0.227 e. The van der Waals surface area contributed by atoms with Gasteiger partial charge in [-0.3, -0.25) is 14.5 Å². The molecule has 2 aromatic rings. The van der Waals surface area contributed by atoms with Crippen molar-refractivity contribution in [3.05, 3.63) is 59.7 Å². The van der Waals surface area contributed by atoms with Gasteiger partial charge >= 0.3 is 0 Å². The molecule has 170 valence electrons. The fourth-order valence-electron chi connectivity index (χ4n) is 4.43. The van der Waals surface area contributed by atoms with Gasteiger partial charge in [0.05, 0.1) is 31.4 Å². The van der Waals surface area contributed by atoms with Crippen LogP contribution in [0, 0.1) is 5.92 Å². The molecule has 0 radical (unpaired) electrons. The van der Waals surface area contributed by atoms with Crippen molar-refractivity contribution < 1.29 is 19.1 Å². The summed E-state index contributed by atoms with van der Waals surface area (Å²) in [6, 6.07) is 15.7. The fourth-order valence-corrected chi connectivity index (χ4v) is 4.43. The third kappa shape index (κ3) is 5.29. The summed E-state index contributed by atoms with van der Waals surface area (Å²) in [7, 11) is 1.58. The summed E-state index contributed by atoms with van der Waals surface area (Å²) >= 11 is 0. The van der Waals surface area contributed by atoms with Crippen LogP contribution in [0.5, 0.6) is 5.75 Å². The minimum Gasteiger partial charge on any atom is -0.495 e. The highest BCUT2D eigenvalue weighted by Gasteiger charge is 2.36. The first-order valence-electron chi connectivity index (χ1n) is 11.2. The molecular formula is C25H31N3O4. The predicted octanol–water partition coefficient (Wildman–Crippen LogP) is 2.59. The van der Waals surface area contributed by atoms with Crippen molar-refractivity contribution >= 4 is 17.5 Å². The number of carbonyl (C=O) groups is 2. The molecule has 2 aromatic carbocycles. The van der Waals surface area contributed by atoms with Crippen molar-refractivity contribution in [2.45, 2.75) is 32.5 Å². The molecule has 0 aliphatic carbocycles. The number of amides is 2. The van der Waals surface area contributed by atoms with E-state index in [9.17, 15) is 9.59 Å². The molecule has 0 unspecified atom stereocenters. The quantitative estimate of drug-likeness (QED) is 0.721. The van der Waals surface area contributed by atoms with Gasteiger partial charge in [-0.25, -0.2) is 0 Å². The standard InChI is InChI=1S/C25H31N3O4/c1-18-15-27(10-11-32-18)16-20-7-5-6-19(12-20)14-26-25(30)21-13-24(29)28(17-21)22-8-3-4-9-23(22)31-2/h3-9,12,18,21H,10-11,13-17H2,1-2H3,(H,26,30)/t18-,21-/m1/s1. The van der Waals surface area contributed by atoms with Crippen LogP contribution in [-0.2, 0) is 27.4 Å². The lowest BCUT2D eigenvalue weighted by Crippen LogP contribution is -2.40. The lowest BCUT2D eigenvalue weighted by Gasteiger charge is -2.31. The highest BCUT2D eigenvalue weighted by Crippen LogP contribution is 2.32. The number of anilines is 1. The number of methoxy groups -OCH3 is 1. The lowest BCUT2D eigenvalue weighted by molar-refractivity contribution is -0.126. The third-order valence-corrected chi connectivity index (χ3v) is 6.06. The molecule has 32 heavy (non-hydrogen) atoms. The van der Waals surface area contributed by atoms with E-state index in [-0.39, 0.29) is 30.3 Å². The van der Waals surface area contributed by atoms with E-state index in [1.807, 2.05) is 36.4 Å². The van der Waals surface area contributed by atoms with Crippen LogP contribution >= 0.6 is 0 Å². The Morgan fingerprint density at radius 1 is 1.16 bits per heavy atom. The van der Waals surface area contributed by atoms with E-state index in [1.54, 1.807) is 12.0 Å². The second kappa shape index (κ2) is 10.1. The van der Waals surface area contributed by atoms with Gasteiger partial charge in [-0.1, -0.05) is 36.4 Å². The molecule has 0 spiro atoms. The van der Waals surface area contributed by atoms with Crippen LogP contribution in [-0.4, -0.2) is 56.2 Å². The first-order valence-corrected chi connectivity index (χ1v) is 11.2. The number of para-hydroxylation sites is 2. The molecule has 2 amide bonds. The van der Waals surface area contributed by atoms with Gasteiger partial charge in [0, 0.05) is 39.1 Å². The molecular weight excluding hydrogens is 406 g/mol. The SMILES string of the molecule is COc1ccccc1N1C[C@H](C(=O)NCc2cccc(CN3CCO[C@H](C)C3)c2)CC1=O. The molecule has 2 fully saturated rings. The number of ether oxygens (including phenoxy) is 2. The topological polar surface area (TPSA) is 71.1 Å². The van der Waals surface area contributed by atoms with E-state index < -0.39 is 0 Å². The van der Waals surface area contributed by atoms with E-state index in [0.29, 0.717) is 24.5 Å². The Hall–Kier alpha value is -2.90. The molecule has 2 aliphatic rings. The molecule has 2 heterocycles. The summed E-state index contributed by atoms with van der Waals surface area (Å²) in [5.41, 5.74) is 2.99. The zero-order chi connectivity index (χ0) is 22.5. The van der Waals surface area contributed by atoms with E-state index in [1.165, 1.54) is 5.56 Å². The van der Waals surface area contributed by atoms with E-state index in [2.05, 4.69) is 29.3 Å². The average Bonchev–Trinajstić information content (AvgIpc) is 3.19. The lowest BCUT2D eigenvalue weighted by atomic mass is 10.1. The van der Waals surface area contributed by atoms with Crippen molar-refractivity contribution in [1.82, 2.24) is 10.2 Å². The van der Waals surface area contributed by atoms with Crippen LogP contribution < -0.4 is 15.0 Å². The largest absolute Gasteiger partial charge is 0.495 e. The van der Waals surface area contributed by atoms with Crippen molar-refractivity contribution in [2.24, 2.45) is 5.92 Å². The minimum atomic E-state index is -0.370. The minimum absolute atomic E-state index is 0.0589. The zero-order valence-corrected chi connectivity index (χ0v) is 18.8. The number of nitrogens with one attached hydrogen (secondary N) is 1. The van der Waals surface area contributed by atoms with Crippen molar-refractivity contribution in [3.8, 4) is 5.75 Å². The first-order chi connectivity index (χ1) is 15.5. The Morgan fingerprint density at radius 3 is 2.78 bits per heavy atom. The third-order valence-electron chi connectivity index (χ3n) is 6.06.